The number of nitrogens with one attached hydrogen (secondary N) is 1. The fourth-order valence-electron chi connectivity index (χ4n) is 3.06. The molecule has 1 aliphatic heterocycles. The van der Waals surface area contributed by atoms with Crippen LogP contribution in [-0.2, 0) is 0 Å². The predicted molar refractivity (Wildman–Crippen MR) is 104 cm³/mol. The molecule has 0 fully saturated rings. The molecule has 0 radical (unpaired) electrons. The summed E-state index contributed by atoms with van der Waals surface area (Å²) in [6.45, 7) is 1.27. The number of ketones is 1. The second kappa shape index (κ2) is 7.28. The maximum absolute atomic E-state index is 11.9. The molecule has 11 heteroatoms. The van der Waals surface area contributed by atoms with Gasteiger partial charge in [0.2, 0.25) is 17.9 Å². The number of benzene rings is 2. The molecule has 0 bridgehead atoms. The Hall–Kier alpha value is -4.28. The topological polar surface area (TPSA) is 150 Å². The number of anilines is 1. The number of rotatable bonds is 4. The van der Waals surface area contributed by atoms with Crippen molar-refractivity contribution in [2.24, 2.45) is 0 Å². The summed E-state index contributed by atoms with van der Waals surface area (Å²) in [5, 5.41) is 33.0. The highest BCUT2D eigenvalue weighted by molar-refractivity contribution is 5.95. The van der Waals surface area contributed by atoms with Crippen LogP contribution in [0, 0.1) is 10.1 Å². The molecule has 152 valence electrons. The lowest BCUT2D eigenvalue weighted by atomic mass is 10.0. The molecule has 1 unspecified atom stereocenters. The molecule has 0 aliphatic carbocycles. The minimum atomic E-state index is -1.12. The Balaban J connectivity index is 1.92. The first-order chi connectivity index (χ1) is 14.4. The van der Waals surface area contributed by atoms with Crippen molar-refractivity contribution in [3.63, 3.8) is 0 Å². The summed E-state index contributed by atoms with van der Waals surface area (Å²) in [6, 6.07) is 9.38. The summed E-state index contributed by atoms with van der Waals surface area (Å²) < 4.78 is 10.9. The van der Waals surface area contributed by atoms with Gasteiger partial charge >= 0.3 is 11.7 Å². The fraction of sp³-hybridized carbons (Fsp3) is 0.158. The van der Waals surface area contributed by atoms with Gasteiger partial charge in [-0.15, -0.1) is 5.10 Å². The molecule has 3 aromatic rings. The van der Waals surface area contributed by atoms with Gasteiger partial charge < -0.3 is 19.9 Å². The van der Waals surface area contributed by atoms with E-state index in [-0.39, 0.29) is 23.0 Å². The zero-order valence-electron chi connectivity index (χ0n) is 15.8. The smallest absolute Gasteiger partial charge is 0.338 e. The number of phenols is 1. The number of para-hydroxylation sites is 1. The number of phenolic OH excluding ortho intramolecular Hbond substituents is 1. The number of hydrogen-bond donors (Lipinski definition) is 2. The maximum atomic E-state index is 11.9. The molecule has 0 spiro atoms. The number of nitro groups is 1. The molecule has 0 amide bonds. The lowest BCUT2D eigenvalue weighted by molar-refractivity contribution is -0.386. The zero-order valence-corrected chi connectivity index (χ0v) is 15.8. The van der Waals surface area contributed by atoms with Crippen molar-refractivity contribution in [2.45, 2.75) is 13.2 Å². The van der Waals surface area contributed by atoms with Crippen molar-refractivity contribution >= 4 is 17.2 Å². The number of aromatic nitrogens is 3. The molecule has 4 rings (SSSR count). The van der Waals surface area contributed by atoms with Crippen molar-refractivity contribution < 1.29 is 24.3 Å². The number of methoxy groups -OCH3 is 1. The molecule has 2 heterocycles. The van der Waals surface area contributed by atoms with E-state index in [1.165, 1.54) is 20.1 Å². The molecule has 1 aromatic heterocycles. The molecule has 11 nitrogen and oxygen atoms in total. The average molecular weight is 409 g/mol. The van der Waals surface area contributed by atoms with E-state index in [1.54, 1.807) is 24.3 Å². The van der Waals surface area contributed by atoms with E-state index in [0.717, 1.165) is 6.07 Å². The van der Waals surface area contributed by atoms with Crippen LogP contribution >= 0.6 is 0 Å². The third-order valence-electron chi connectivity index (χ3n) is 4.52. The predicted octanol–water partition coefficient (Wildman–Crippen LogP) is 2.87. The van der Waals surface area contributed by atoms with Crippen LogP contribution in [0.15, 0.2) is 36.4 Å². The maximum Gasteiger partial charge on any atom is 0.338 e. The number of carbonyl (C=O) groups excluding carboxylic acids is 1. The summed E-state index contributed by atoms with van der Waals surface area (Å²) in [4.78, 5) is 26.7. The number of nitro benzene ring substituents is 1. The monoisotopic (exact) mass is 409 g/mol. The molecule has 2 aromatic carbocycles. The molecule has 2 N–H and O–H groups in total. The standard InChI is InChI=1S/C19H15N5O6/c1-9(25)10-7-12(16(26)14(8-10)24(27)28)17-20-13-6-4-3-5-11(13)15-18(30-17)21-19(29-2)23-22-15/h3-8,17,20,26H,1-2H3. The van der Waals surface area contributed by atoms with E-state index in [4.69, 9.17) is 9.47 Å². The number of aromatic hydroxyl groups is 1. The lowest BCUT2D eigenvalue weighted by Crippen LogP contribution is -2.18. The van der Waals surface area contributed by atoms with E-state index in [9.17, 15) is 20.0 Å². The highest BCUT2D eigenvalue weighted by atomic mass is 16.6. The largest absolute Gasteiger partial charge is 0.502 e. The van der Waals surface area contributed by atoms with Gasteiger partial charge in [-0.05, 0) is 19.1 Å². The van der Waals surface area contributed by atoms with Gasteiger partial charge in [-0.25, -0.2) is 0 Å². The van der Waals surface area contributed by atoms with Crippen molar-refractivity contribution in [3.05, 3.63) is 57.6 Å². The molecule has 1 atom stereocenters. The van der Waals surface area contributed by atoms with Crippen molar-refractivity contribution in [2.75, 3.05) is 12.4 Å². The zero-order chi connectivity index (χ0) is 21.4. The Bertz CT molecular complexity index is 1180. The number of Topliss-reactive ketones (excluding diaryl/α,β-unsaturated/α-hetero) is 1. The van der Waals surface area contributed by atoms with Crippen molar-refractivity contribution in [1.29, 1.82) is 0 Å². The van der Waals surface area contributed by atoms with Gasteiger partial charge in [-0.1, -0.05) is 23.3 Å². The van der Waals surface area contributed by atoms with Crippen LogP contribution in [-0.4, -0.2) is 38.1 Å². The summed E-state index contributed by atoms with van der Waals surface area (Å²) >= 11 is 0. The number of ether oxygens (including phenoxy) is 2. The van der Waals surface area contributed by atoms with Crippen LogP contribution in [0.4, 0.5) is 11.4 Å². The number of hydrogen-bond acceptors (Lipinski definition) is 10. The molecule has 0 saturated heterocycles. The van der Waals surface area contributed by atoms with Gasteiger partial charge in [-0.2, -0.15) is 4.98 Å². The van der Waals surface area contributed by atoms with Crippen LogP contribution in [0.2, 0.25) is 0 Å². The minimum Gasteiger partial charge on any atom is -0.502 e. The van der Waals surface area contributed by atoms with Crippen LogP contribution in [0.25, 0.3) is 11.3 Å². The quantitative estimate of drug-likeness (QED) is 0.374. The number of fused-ring (bicyclic) bond motifs is 3. The second-order valence-corrected chi connectivity index (χ2v) is 6.39. The highest BCUT2D eigenvalue weighted by Crippen LogP contribution is 2.43. The highest BCUT2D eigenvalue weighted by Gasteiger charge is 2.31. The number of nitrogens with zero attached hydrogens (tertiary/aromatic N) is 4. The van der Waals surface area contributed by atoms with Gasteiger partial charge in [-0.3, -0.25) is 14.9 Å². The van der Waals surface area contributed by atoms with Crippen molar-refractivity contribution in [3.8, 4) is 28.9 Å². The second-order valence-electron chi connectivity index (χ2n) is 6.39. The van der Waals surface area contributed by atoms with E-state index >= 15 is 0 Å². The third kappa shape index (κ3) is 3.21. The molecular weight excluding hydrogens is 394 g/mol. The van der Waals surface area contributed by atoms with Crippen LogP contribution in [0.5, 0.6) is 17.6 Å². The van der Waals surface area contributed by atoms with Gasteiger partial charge in [0.15, 0.2) is 11.5 Å². The first kappa shape index (κ1) is 19.1. The summed E-state index contributed by atoms with van der Waals surface area (Å²) in [7, 11) is 1.37. The van der Waals surface area contributed by atoms with Crippen LogP contribution < -0.4 is 14.8 Å². The summed E-state index contributed by atoms with van der Waals surface area (Å²) in [6.07, 6.45) is -1.12. The van der Waals surface area contributed by atoms with E-state index < -0.39 is 28.4 Å². The van der Waals surface area contributed by atoms with Crippen LogP contribution in [0.3, 0.4) is 0 Å². The van der Waals surface area contributed by atoms with Crippen LogP contribution in [0.1, 0.15) is 29.1 Å². The number of carbonyl (C=O) groups is 1. The molecular formula is C19H15N5O6. The first-order valence-corrected chi connectivity index (χ1v) is 8.72. The summed E-state index contributed by atoms with van der Waals surface area (Å²) in [5.41, 5.74) is 0.940. The van der Waals surface area contributed by atoms with Gasteiger partial charge in [0, 0.05) is 22.9 Å². The third-order valence-corrected chi connectivity index (χ3v) is 4.52. The average Bonchev–Trinajstić information content (AvgIpc) is 2.89. The minimum absolute atomic E-state index is 0.00497. The van der Waals surface area contributed by atoms with Crippen molar-refractivity contribution in [1.82, 2.24) is 15.2 Å². The Labute approximate surface area is 169 Å². The Morgan fingerprint density at radius 1 is 1.30 bits per heavy atom. The van der Waals surface area contributed by atoms with E-state index in [2.05, 4.69) is 20.5 Å². The van der Waals surface area contributed by atoms with E-state index in [1.807, 2.05) is 0 Å². The summed E-state index contributed by atoms with van der Waals surface area (Å²) in [5.74, 6) is -0.989. The lowest BCUT2D eigenvalue weighted by Gasteiger charge is -2.20. The van der Waals surface area contributed by atoms with Gasteiger partial charge in [0.1, 0.15) is 0 Å². The Morgan fingerprint density at radius 3 is 2.77 bits per heavy atom. The Kier molecular flexibility index (Phi) is 4.62. The first-order valence-electron chi connectivity index (χ1n) is 8.72. The normalized spacial score (nSPS) is 14.4. The molecule has 0 saturated carbocycles. The van der Waals surface area contributed by atoms with E-state index in [0.29, 0.717) is 16.9 Å². The fourth-order valence-corrected chi connectivity index (χ4v) is 3.06. The molecule has 30 heavy (non-hydrogen) atoms. The molecule has 1 aliphatic rings. The Morgan fingerprint density at radius 2 is 2.07 bits per heavy atom. The van der Waals surface area contributed by atoms with Gasteiger partial charge in [0.05, 0.1) is 17.6 Å². The SMILES string of the molecule is COc1nnc2c(n1)OC(c1cc(C(C)=O)cc([N+](=O)[O-])c1O)Nc1ccccc1-2. The van der Waals surface area contributed by atoms with Gasteiger partial charge in [0.25, 0.3) is 0 Å².